The maximum Gasteiger partial charge on any atom is 0.229 e. The average Bonchev–Trinajstić information content (AvgIpc) is 2.86. The van der Waals surface area contributed by atoms with Gasteiger partial charge in [-0.25, -0.2) is 0 Å². The minimum absolute atomic E-state index is 0.000302. The molecule has 1 amide bonds. The summed E-state index contributed by atoms with van der Waals surface area (Å²) in [5, 5.41) is 3.36. The summed E-state index contributed by atoms with van der Waals surface area (Å²) in [6.45, 7) is 12.3. The Kier molecular flexibility index (Phi) is 5.19. The Morgan fingerprint density at radius 3 is 2.74 bits per heavy atom. The molecule has 2 fully saturated rings. The van der Waals surface area contributed by atoms with Gasteiger partial charge in [-0.1, -0.05) is 13.8 Å². The molecule has 0 saturated carbocycles. The summed E-state index contributed by atoms with van der Waals surface area (Å²) >= 11 is 0. The minimum atomic E-state index is 0.000302. The quantitative estimate of drug-likeness (QED) is 0.790. The average molecular weight is 269 g/mol. The molecular weight excluding hydrogens is 242 g/mol. The number of ether oxygens (including phenoxy) is 1. The number of carbonyl (C=O) groups is 1. The van der Waals surface area contributed by atoms with E-state index in [0.717, 1.165) is 32.7 Å². The number of hydrogen-bond donors (Lipinski definition) is 1. The molecule has 19 heavy (non-hydrogen) atoms. The Morgan fingerprint density at radius 2 is 2.11 bits per heavy atom. The third kappa shape index (κ3) is 3.27. The topological polar surface area (TPSA) is 44.8 Å². The van der Waals surface area contributed by atoms with E-state index < -0.39 is 0 Å². The number of nitrogens with one attached hydrogen (secondary N) is 1. The van der Waals surface area contributed by atoms with E-state index >= 15 is 0 Å². The molecule has 0 aromatic carbocycles. The van der Waals surface area contributed by atoms with Gasteiger partial charge in [0, 0.05) is 31.7 Å². The van der Waals surface area contributed by atoms with E-state index in [1.54, 1.807) is 0 Å². The lowest BCUT2D eigenvalue weighted by Crippen LogP contribution is -2.56. The van der Waals surface area contributed by atoms with Gasteiger partial charge >= 0.3 is 0 Å². The number of likely N-dealkylation sites (N-methyl/N-ethyl adjacent to an activating group) is 2. The van der Waals surface area contributed by atoms with Crippen LogP contribution >= 0.6 is 0 Å². The van der Waals surface area contributed by atoms with Crippen molar-refractivity contribution in [3.8, 4) is 0 Å². The molecule has 2 rings (SSSR count). The highest BCUT2D eigenvalue weighted by atomic mass is 16.5. The van der Waals surface area contributed by atoms with Crippen molar-refractivity contribution in [2.24, 2.45) is 5.92 Å². The smallest absolute Gasteiger partial charge is 0.229 e. The molecule has 2 aliphatic rings. The number of piperazine rings is 1. The van der Waals surface area contributed by atoms with Crippen LogP contribution in [0.25, 0.3) is 0 Å². The van der Waals surface area contributed by atoms with Crippen LogP contribution in [0.15, 0.2) is 0 Å². The van der Waals surface area contributed by atoms with E-state index in [1.807, 2.05) is 4.90 Å². The highest BCUT2D eigenvalue weighted by molar-refractivity contribution is 5.80. The first kappa shape index (κ1) is 14.8. The highest BCUT2D eigenvalue weighted by Crippen LogP contribution is 2.19. The number of amides is 1. The fourth-order valence-corrected chi connectivity index (χ4v) is 3.16. The van der Waals surface area contributed by atoms with Gasteiger partial charge in [-0.2, -0.15) is 0 Å². The zero-order valence-electron chi connectivity index (χ0n) is 12.4. The van der Waals surface area contributed by atoms with Crippen molar-refractivity contribution in [2.45, 2.75) is 32.9 Å². The molecule has 5 heteroatoms. The van der Waals surface area contributed by atoms with Crippen molar-refractivity contribution in [3.05, 3.63) is 0 Å². The maximum atomic E-state index is 12.6. The van der Waals surface area contributed by atoms with E-state index in [0.29, 0.717) is 19.3 Å². The van der Waals surface area contributed by atoms with Crippen LogP contribution in [0.5, 0.6) is 0 Å². The van der Waals surface area contributed by atoms with Gasteiger partial charge in [-0.15, -0.1) is 0 Å². The van der Waals surface area contributed by atoms with E-state index in [9.17, 15) is 4.79 Å². The van der Waals surface area contributed by atoms with Crippen LogP contribution in [-0.4, -0.2) is 73.7 Å². The van der Waals surface area contributed by atoms with Crippen molar-refractivity contribution >= 4 is 5.91 Å². The third-order valence-electron chi connectivity index (χ3n) is 4.35. The van der Waals surface area contributed by atoms with E-state index in [1.165, 1.54) is 0 Å². The predicted molar refractivity (Wildman–Crippen MR) is 75.1 cm³/mol. The summed E-state index contributed by atoms with van der Waals surface area (Å²) in [5.41, 5.74) is 0. The second-order valence-electron chi connectivity index (χ2n) is 5.57. The Balaban J connectivity index is 1.93. The molecule has 0 spiro atoms. The molecule has 0 bridgehead atoms. The normalized spacial score (nSPS) is 32.8. The molecule has 2 heterocycles. The van der Waals surface area contributed by atoms with Gasteiger partial charge in [0.25, 0.3) is 0 Å². The lowest BCUT2D eigenvalue weighted by Gasteiger charge is -2.40. The zero-order chi connectivity index (χ0) is 13.8. The summed E-state index contributed by atoms with van der Waals surface area (Å²) < 4.78 is 5.48. The summed E-state index contributed by atoms with van der Waals surface area (Å²) in [7, 11) is 0. The monoisotopic (exact) mass is 269 g/mol. The van der Waals surface area contributed by atoms with Gasteiger partial charge in [0.1, 0.15) is 0 Å². The van der Waals surface area contributed by atoms with Gasteiger partial charge < -0.3 is 15.0 Å². The minimum Gasteiger partial charge on any atom is -0.379 e. The number of rotatable bonds is 4. The van der Waals surface area contributed by atoms with Gasteiger partial charge in [0.15, 0.2) is 0 Å². The molecule has 0 aromatic heterocycles. The second kappa shape index (κ2) is 6.68. The zero-order valence-corrected chi connectivity index (χ0v) is 12.4. The van der Waals surface area contributed by atoms with Crippen LogP contribution in [0.3, 0.4) is 0 Å². The molecule has 2 aliphatic heterocycles. The van der Waals surface area contributed by atoms with Crippen molar-refractivity contribution in [1.29, 1.82) is 0 Å². The van der Waals surface area contributed by atoms with E-state index in [-0.39, 0.29) is 17.9 Å². The molecule has 0 aliphatic carbocycles. The van der Waals surface area contributed by atoms with Gasteiger partial charge in [-0.3, -0.25) is 9.69 Å². The first-order valence-corrected chi connectivity index (χ1v) is 7.51. The lowest BCUT2D eigenvalue weighted by atomic mass is 10.0. The van der Waals surface area contributed by atoms with Crippen LogP contribution in [0, 0.1) is 5.92 Å². The van der Waals surface area contributed by atoms with Gasteiger partial charge in [0.2, 0.25) is 5.91 Å². The number of nitrogens with zero attached hydrogens (tertiary/aromatic N) is 2. The summed E-state index contributed by atoms with van der Waals surface area (Å²) in [6, 6.07) is 0.652. The number of hydrogen-bond acceptors (Lipinski definition) is 4. The molecule has 2 saturated heterocycles. The van der Waals surface area contributed by atoms with Crippen LogP contribution in [0.4, 0.5) is 0 Å². The van der Waals surface area contributed by atoms with Crippen LogP contribution in [0.2, 0.25) is 0 Å². The Bertz CT molecular complexity index is 311. The summed E-state index contributed by atoms with van der Waals surface area (Å²) in [4.78, 5) is 17.1. The molecule has 0 aromatic rings. The van der Waals surface area contributed by atoms with Gasteiger partial charge in [-0.05, 0) is 20.0 Å². The Hall–Kier alpha value is -0.650. The fourth-order valence-electron chi connectivity index (χ4n) is 3.16. The lowest BCUT2D eigenvalue weighted by molar-refractivity contribution is -0.138. The van der Waals surface area contributed by atoms with Crippen molar-refractivity contribution < 1.29 is 9.53 Å². The maximum absolute atomic E-state index is 12.6. The molecule has 110 valence electrons. The molecule has 0 radical (unpaired) electrons. The van der Waals surface area contributed by atoms with Crippen molar-refractivity contribution in [2.75, 3.05) is 45.9 Å². The van der Waals surface area contributed by atoms with Crippen molar-refractivity contribution in [1.82, 2.24) is 15.1 Å². The number of carbonyl (C=O) groups excluding carboxylic acids is 1. The third-order valence-corrected chi connectivity index (χ3v) is 4.35. The standard InChI is InChI=1S/C14H27N3O2/c1-4-15-13-10-19-9-12(13)14(18)17-7-6-16(5-2)11(3)8-17/h11-13,15H,4-10H2,1-3H3. The van der Waals surface area contributed by atoms with Crippen LogP contribution in [-0.2, 0) is 9.53 Å². The largest absolute Gasteiger partial charge is 0.379 e. The highest BCUT2D eigenvalue weighted by Gasteiger charge is 2.37. The molecule has 1 N–H and O–H groups in total. The fraction of sp³-hybridized carbons (Fsp3) is 0.929. The molecular formula is C14H27N3O2. The Labute approximate surface area is 116 Å². The molecule has 3 unspecified atom stereocenters. The van der Waals surface area contributed by atoms with Crippen molar-refractivity contribution in [3.63, 3.8) is 0 Å². The first-order valence-electron chi connectivity index (χ1n) is 7.51. The van der Waals surface area contributed by atoms with E-state index in [4.69, 9.17) is 4.74 Å². The SMILES string of the molecule is CCNC1COCC1C(=O)N1CCN(CC)C(C)C1. The molecule has 3 atom stereocenters. The van der Waals surface area contributed by atoms with Gasteiger partial charge in [0.05, 0.1) is 19.1 Å². The molecule has 5 nitrogen and oxygen atoms in total. The Morgan fingerprint density at radius 1 is 1.32 bits per heavy atom. The first-order chi connectivity index (χ1) is 9.17. The summed E-state index contributed by atoms with van der Waals surface area (Å²) in [5.74, 6) is 0.270. The predicted octanol–water partition coefficient (Wildman–Crippen LogP) is 0.164. The van der Waals surface area contributed by atoms with Crippen LogP contribution in [0.1, 0.15) is 20.8 Å². The van der Waals surface area contributed by atoms with Crippen LogP contribution < -0.4 is 5.32 Å². The second-order valence-corrected chi connectivity index (χ2v) is 5.57. The summed E-state index contributed by atoms with van der Waals surface area (Å²) in [6.07, 6.45) is 0. The van der Waals surface area contributed by atoms with E-state index in [2.05, 4.69) is 31.0 Å².